The van der Waals surface area contributed by atoms with Crippen molar-refractivity contribution in [3.63, 3.8) is 0 Å². The summed E-state index contributed by atoms with van der Waals surface area (Å²) < 4.78 is 5.34. The molecule has 0 saturated heterocycles. The summed E-state index contributed by atoms with van der Waals surface area (Å²) in [5.41, 5.74) is 5.71. The zero-order chi connectivity index (χ0) is 16.4. The number of thioether (sulfide) groups is 1. The number of esters is 1. The second-order valence-electron chi connectivity index (χ2n) is 5.08. The topological polar surface area (TPSA) is 78.1 Å². The molecule has 0 aliphatic rings. The van der Waals surface area contributed by atoms with Crippen molar-refractivity contribution in [2.75, 3.05) is 18.1 Å². The Labute approximate surface area is 141 Å². The van der Waals surface area contributed by atoms with Crippen LogP contribution in [0.4, 0.5) is 5.82 Å². The first-order valence-corrected chi connectivity index (χ1v) is 8.99. The number of ether oxygens (including phenoxy) is 1. The Balaban J connectivity index is 2.25. The molecule has 0 aromatic carbocycles. The molecule has 0 saturated carbocycles. The summed E-state index contributed by atoms with van der Waals surface area (Å²) in [6.07, 6.45) is 6.28. The number of unbranched alkanes of at least 4 members (excludes halogenated alkanes) is 1. The quantitative estimate of drug-likeness (QED) is 0.511. The largest absolute Gasteiger partial charge is 0.465 e. The number of anilines is 1. The Kier molecular flexibility index (Phi) is 9.24. The highest BCUT2D eigenvalue weighted by atomic mass is 35.5. The van der Waals surface area contributed by atoms with Gasteiger partial charge in [0.05, 0.1) is 19.2 Å². The van der Waals surface area contributed by atoms with Crippen LogP contribution in [0, 0.1) is 5.92 Å². The minimum absolute atomic E-state index is 0.178. The van der Waals surface area contributed by atoms with E-state index in [2.05, 4.69) is 23.8 Å². The lowest BCUT2D eigenvalue weighted by atomic mass is 10.0. The number of halogens is 1. The summed E-state index contributed by atoms with van der Waals surface area (Å²) in [5.74, 6) is 1.14. The number of hydrogen-bond donors (Lipinski definition) is 1. The second-order valence-corrected chi connectivity index (χ2v) is 6.55. The minimum Gasteiger partial charge on any atom is -0.465 e. The fraction of sp³-hybridized carbons (Fsp3) is 0.667. The number of carbonyl (C=O) groups is 1. The number of nitrogens with zero attached hydrogens (tertiary/aromatic N) is 2. The minimum atomic E-state index is -0.178. The first-order valence-electron chi connectivity index (χ1n) is 7.63. The van der Waals surface area contributed by atoms with Crippen molar-refractivity contribution in [3.05, 3.63) is 11.3 Å². The Morgan fingerprint density at radius 2 is 2.27 bits per heavy atom. The van der Waals surface area contributed by atoms with Crippen molar-refractivity contribution in [2.45, 2.75) is 51.0 Å². The molecule has 5 nitrogen and oxygen atoms in total. The van der Waals surface area contributed by atoms with E-state index in [0.29, 0.717) is 29.7 Å². The number of nitrogen functional groups attached to an aromatic ring is 1. The van der Waals surface area contributed by atoms with E-state index >= 15 is 0 Å². The van der Waals surface area contributed by atoms with Crippen LogP contribution in [0.15, 0.2) is 11.2 Å². The normalized spacial score (nSPS) is 12.1. The highest BCUT2D eigenvalue weighted by Gasteiger charge is 2.11. The standard InChI is InChI=1S/C15H24ClN3O2S/c1-3-5-6-11(4-2)10-21-13(20)7-8-22-15-14(17)19-12(16)9-18-15/h9,11H,3-8,10H2,1-2H3,(H2,17,19)/t11-/m0/s1. The molecule has 0 radical (unpaired) electrons. The van der Waals surface area contributed by atoms with Crippen LogP contribution in [0.5, 0.6) is 0 Å². The van der Waals surface area contributed by atoms with E-state index in [9.17, 15) is 4.79 Å². The number of aromatic nitrogens is 2. The van der Waals surface area contributed by atoms with Gasteiger partial charge in [0.25, 0.3) is 0 Å². The van der Waals surface area contributed by atoms with E-state index < -0.39 is 0 Å². The predicted molar refractivity (Wildman–Crippen MR) is 91.1 cm³/mol. The van der Waals surface area contributed by atoms with Gasteiger partial charge in [0, 0.05) is 5.75 Å². The SMILES string of the molecule is CCCC[C@H](CC)COC(=O)CCSc1ncc(Cl)nc1N. The van der Waals surface area contributed by atoms with Crippen molar-refractivity contribution in [1.82, 2.24) is 9.97 Å². The fourth-order valence-corrected chi connectivity index (χ4v) is 2.82. The molecule has 0 bridgehead atoms. The number of nitrogens with two attached hydrogens (primary N) is 1. The maximum Gasteiger partial charge on any atom is 0.306 e. The maximum absolute atomic E-state index is 11.7. The lowest BCUT2D eigenvalue weighted by molar-refractivity contribution is -0.144. The monoisotopic (exact) mass is 345 g/mol. The molecule has 1 rings (SSSR count). The van der Waals surface area contributed by atoms with Crippen molar-refractivity contribution in [2.24, 2.45) is 5.92 Å². The van der Waals surface area contributed by atoms with Gasteiger partial charge in [-0.05, 0) is 12.3 Å². The van der Waals surface area contributed by atoms with Gasteiger partial charge in [0.2, 0.25) is 0 Å². The van der Waals surface area contributed by atoms with Gasteiger partial charge >= 0.3 is 5.97 Å². The van der Waals surface area contributed by atoms with Crippen LogP contribution >= 0.6 is 23.4 Å². The molecule has 0 spiro atoms. The summed E-state index contributed by atoms with van der Waals surface area (Å²) in [6, 6.07) is 0. The van der Waals surface area contributed by atoms with E-state index in [-0.39, 0.29) is 16.9 Å². The Morgan fingerprint density at radius 1 is 1.50 bits per heavy atom. The first kappa shape index (κ1) is 19.0. The molecule has 7 heteroatoms. The summed E-state index contributed by atoms with van der Waals surface area (Å²) in [7, 11) is 0. The maximum atomic E-state index is 11.7. The van der Waals surface area contributed by atoms with E-state index in [0.717, 1.165) is 12.8 Å². The lowest BCUT2D eigenvalue weighted by Crippen LogP contribution is -2.14. The molecular weight excluding hydrogens is 322 g/mol. The van der Waals surface area contributed by atoms with E-state index in [1.165, 1.54) is 30.8 Å². The smallest absolute Gasteiger partial charge is 0.306 e. The molecule has 0 aliphatic heterocycles. The Hall–Kier alpha value is -1.01. The lowest BCUT2D eigenvalue weighted by Gasteiger charge is -2.14. The summed E-state index contributed by atoms with van der Waals surface area (Å²) >= 11 is 7.07. The van der Waals surface area contributed by atoms with Gasteiger partial charge in [0.1, 0.15) is 10.2 Å². The van der Waals surface area contributed by atoms with Crippen LogP contribution in [0.25, 0.3) is 0 Å². The van der Waals surface area contributed by atoms with Crippen LogP contribution in [-0.2, 0) is 9.53 Å². The van der Waals surface area contributed by atoms with Gasteiger partial charge in [0.15, 0.2) is 5.82 Å². The number of rotatable bonds is 10. The fourth-order valence-electron chi connectivity index (χ4n) is 1.89. The highest BCUT2D eigenvalue weighted by molar-refractivity contribution is 7.99. The van der Waals surface area contributed by atoms with Crippen LogP contribution in [0.1, 0.15) is 46.0 Å². The molecule has 1 heterocycles. The summed E-state index contributed by atoms with van der Waals surface area (Å²) in [6.45, 7) is 4.82. The van der Waals surface area contributed by atoms with Crippen molar-refractivity contribution < 1.29 is 9.53 Å². The van der Waals surface area contributed by atoms with Gasteiger partial charge < -0.3 is 10.5 Å². The van der Waals surface area contributed by atoms with Gasteiger partial charge in [-0.25, -0.2) is 9.97 Å². The van der Waals surface area contributed by atoms with E-state index in [1.54, 1.807) is 0 Å². The third-order valence-electron chi connectivity index (χ3n) is 3.30. The van der Waals surface area contributed by atoms with Crippen molar-refractivity contribution >= 4 is 35.1 Å². The molecular formula is C15H24ClN3O2S. The van der Waals surface area contributed by atoms with Gasteiger partial charge in [-0.2, -0.15) is 0 Å². The van der Waals surface area contributed by atoms with Gasteiger partial charge in [-0.15, -0.1) is 11.8 Å². The highest BCUT2D eigenvalue weighted by Crippen LogP contribution is 2.22. The Bertz CT molecular complexity index is 474. The van der Waals surface area contributed by atoms with Crippen molar-refractivity contribution in [3.8, 4) is 0 Å². The zero-order valence-corrected chi connectivity index (χ0v) is 14.8. The Morgan fingerprint density at radius 3 is 2.91 bits per heavy atom. The molecule has 1 aromatic heterocycles. The molecule has 22 heavy (non-hydrogen) atoms. The van der Waals surface area contributed by atoms with Crippen LogP contribution in [0.3, 0.4) is 0 Å². The first-order chi connectivity index (χ1) is 10.6. The molecule has 0 fully saturated rings. The van der Waals surface area contributed by atoms with E-state index in [4.69, 9.17) is 22.1 Å². The average molecular weight is 346 g/mol. The predicted octanol–water partition coefficient (Wildman–Crippen LogP) is 3.95. The molecule has 124 valence electrons. The summed E-state index contributed by atoms with van der Waals surface area (Å²) in [5, 5.41) is 0.852. The molecule has 1 atom stereocenters. The van der Waals surface area contributed by atoms with Crippen LogP contribution < -0.4 is 5.73 Å². The third-order valence-corrected chi connectivity index (χ3v) is 4.48. The van der Waals surface area contributed by atoms with Crippen LogP contribution in [0.2, 0.25) is 5.15 Å². The number of hydrogen-bond acceptors (Lipinski definition) is 6. The van der Waals surface area contributed by atoms with E-state index in [1.807, 2.05) is 0 Å². The zero-order valence-electron chi connectivity index (χ0n) is 13.2. The molecule has 2 N–H and O–H groups in total. The third kappa shape index (κ3) is 7.31. The van der Waals surface area contributed by atoms with Crippen molar-refractivity contribution in [1.29, 1.82) is 0 Å². The average Bonchev–Trinajstić information content (AvgIpc) is 2.49. The molecule has 0 amide bonds. The second kappa shape index (κ2) is 10.7. The molecule has 0 unspecified atom stereocenters. The van der Waals surface area contributed by atoms with Crippen LogP contribution in [-0.4, -0.2) is 28.3 Å². The summed E-state index contributed by atoms with van der Waals surface area (Å²) in [4.78, 5) is 19.7. The van der Waals surface area contributed by atoms with Gasteiger partial charge in [-0.1, -0.05) is 44.7 Å². The number of carbonyl (C=O) groups excluding carboxylic acids is 1. The molecule has 0 aliphatic carbocycles. The van der Waals surface area contributed by atoms with Gasteiger partial charge in [-0.3, -0.25) is 4.79 Å². The molecule has 1 aromatic rings.